The lowest BCUT2D eigenvalue weighted by Gasteiger charge is -2.19. The number of hydrogen-bond donors (Lipinski definition) is 1. The number of rotatable bonds is 3. The maximum absolute atomic E-state index is 12.5. The number of hydrogen-bond acceptors (Lipinski definition) is 4. The number of anilines is 2. The standard InChI is InChI=1S/C19H24N4O/c1-14-8-7-9-15(2)18(14)22-17-13-20-16(12-21-17)19(24)23-10-5-3-4-6-11-23/h7-9,12-13H,3-6,10-11H2,1-2H3,(H,21,22). The van der Waals surface area contributed by atoms with E-state index in [2.05, 4.69) is 41.3 Å². The van der Waals surface area contributed by atoms with Gasteiger partial charge in [-0.3, -0.25) is 4.79 Å². The predicted octanol–water partition coefficient (Wildman–Crippen LogP) is 3.85. The van der Waals surface area contributed by atoms with Crippen LogP contribution in [0.25, 0.3) is 0 Å². The summed E-state index contributed by atoms with van der Waals surface area (Å²) in [4.78, 5) is 23.1. The SMILES string of the molecule is Cc1cccc(C)c1Nc1cnc(C(=O)N2CCCCCC2)cn1. The van der Waals surface area contributed by atoms with Gasteiger partial charge in [0.1, 0.15) is 11.5 Å². The van der Waals surface area contributed by atoms with Crippen LogP contribution >= 0.6 is 0 Å². The lowest BCUT2D eigenvalue weighted by molar-refractivity contribution is 0.0755. The maximum atomic E-state index is 12.5. The Bertz CT molecular complexity index is 684. The van der Waals surface area contributed by atoms with Crippen LogP contribution in [-0.4, -0.2) is 33.9 Å². The third-order valence-electron chi connectivity index (χ3n) is 4.50. The molecule has 0 saturated carbocycles. The Labute approximate surface area is 143 Å². The van der Waals surface area contributed by atoms with Gasteiger partial charge in [-0.15, -0.1) is 0 Å². The van der Waals surface area contributed by atoms with E-state index in [0.29, 0.717) is 11.5 Å². The Morgan fingerprint density at radius 3 is 2.25 bits per heavy atom. The zero-order valence-corrected chi connectivity index (χ0v) is 14.4. The number of carbonyl (C=O) groups excluding carboxylic acids is 1. The van der Waals surface area contributed by atoms with Crippen LogP contribution in [0.1, 0.15) is 47.3 Å². The Kier molecular flexibility index (Phi) is 5.08. The fourth-order valence-corrected chi connectivity index (χ4v) is 3.08. The summed E-state index contributed by atoms with van der Waals surface area (Å²) in [5.41, 5.74) is 3.77. The fraction of sp³-hybridized carbons (Fsp3) is 0.421. The molecule has 1 aromatic heterocycles. The number of likely N-dealkylation sites (tertiary alicyclic amines) is 1. The highest BCUT2D eigenvalue weighted by Crippen LogP contribution is 2.23. The number of carbonyl (C=O) groups is 1. The van der Waals surface area contributed by atoms with Gasteiger partial charge in [-0.25, -0.2) is 9.97 Å². The van der Waals surface area contributed by atoms with E-state index in [9.17, 15) is 4.79 Å². The van der Waals surface area contributed by atoms with Crippen molar-refractivity contribution in [3.8, 4) is 0 Å². The lowest BCUT2D eigenvalue weighted by atomic mass is 10.1. The molecule has 1 N–H and O–H groups in total. The highest BCUT2D eigenvalue weighted by molar-refractivity contribution is 5.92. The summed E-state index contributed by atoms with van der Waals surface area (Å²) >= 11 is 0. The first kappa shape index (κ1) is 16.4. The van der Waals surface area contributed by atoms with Crippen LogP contribution in [0, 0.1) is 13.8 Å². The van der Waals surface area contributed by atoms with Gasteiger partial charge in [0.15, 0.2) is 0 Å². The first-order valence-electron chi connectivity index (χ1n) is 8.60. The average Bonchev–Trinajstić information content (AvgIpc) is 2.88. The van der Waals surface area contributed by atoms with E-state index in [1.165, 1.54) is 12.8 Å². The molecule has 0 radical (unpaired) electrons. The molecule has 126 valence electrons. The minimum Gasteiger partial charge on any atom is -0.339 e. The van der Waals surface area contributed by atoms with E-state index >= 15 is 0 Å². The fourth-order valence-electron chi connectivity index (χ4n) is 3.08. The van der Waals surface area contributed by atoms with Crippen molar-refractivity contribution in [2.24, 2.45) is 0 Å². The second-order valence-electron chi connectivity index (χ2n) is 6.39. The predicted molar refractivity (Wildman–Crippen MR) is 95.6 cm³/mol. The first-order chi connectivity index (χ1) is 11.6. The van der Waals surface area contributed by atoms with Crippen LogP contribution in [0.15, 0.2) is 30.6 Å². The Hall–Kier alpha value is -2.43. The van der Waals surface area contributed by atoms with E-state index in [-0.39, 0.29) is 5.91 Å². The molecule has 5 heteroatoms. The van der Waals surface area contributed by atoms with E-state index in [1.807, 2.05) is 11.0 Å². The van der Waals surface area contributed by atoms with Crippen molar-refractivity contribution in [1.29, 1.82) is 0 Å². The highest BCUT2D eigenvalue weighted by atomic mass is 16.2. The molecule has 1 aromatic carbocycles. The zero-order chi connectivity index (χ0) is 16.9. The van der Waals surface area contributed by atoms with Crippen molar-refractivity contribution in [2.45, 2.75) is 39.5 Å². The van der Waals surface area contributed by atoms with Gasteiger partial charge in [0.05, 0.1) is 12.4 Å². The normalized spacial score (nSPS) is 15.0. The van der Waals surface area contributed by atoms with Crippen molar-refractivity contribution in [1.82, 2.24) is 14.9 Å². The summed E-state index contributed by atoms with van der Waals surface area (Å²) in [5.74, 6) is 0.642. The second-order valence-corrected chi connectivity index (χ2v) is 6.39. The maximum Gasteiger partial charge on any atom is 0.274 e. The third-order valence-corrected chi connectivity index (χ3v) is 4.50. The molecule has 1 aliphatic rings. The number of aryl methyl sites for hydroxylation is 2. The van der Waals surface area contributed by atoms with Crippen LogP contribution in [0.5, 0.6) is 0 Å². The van der Waals surface area contributed by atoms with Gasteiger partial charge < -0.3 is 10.2 Å². The molecule has 3 rings (SSSR count). The molecule has 0 atom stereocenters. The molecule has 0 spiro atoms. The summed E-state index contributed by atoms with van der Waals surface area (Å²) in [6.45, 7) is 5.76. The van der Waals surface area contributed by atoms with Crippen LogP contribution in [0.2, 0.25) is 0 Å². The minimum absolute atomic E-state index is 0.0111. The Morgan fingerprint density at radius 2 is 1.67 bits per heavy atom. The number of para-hydroxylation sites is 1. The number of nitrogens with zero attached hydrogens (tertiary/aromatic N) is 3. The lowest BCUT2D eigenvalue weighted by Crippen LogP contribution is -2.32. The molecular formula is C19H24N4O. The number of benzene rings is 1. The van der Waals surface area contributed by atoms with Gasteiger partial charge in [-0.1, -0.05) is 31.0 Å². The van der Waals surface area contributed by atoms with Crippen molar-refractivity contribution >= 4 is 17.4 Å². The number of aromatic nitrogens is 2. The van der Waals surface area contributed by atoms with Gasteiger partial charge in [-0.05, 0) is 37.8 Å². The van der Waals surface area contributed by atoms with Gasteiger partial charge in [0.25, 0.3) is 5.91 Å². The largest absolute Gasteiger partial charge is 0.339 e. The smallest absolute Gasteiger partial charge is 0.274 e. The van der Waals surface area contributed by atoms with Crippen molar-refractivity contribution < 1.29 is 4.79 Å². The molecule has 5 nitrogen and oxygen atoms in total. The van der Waals surface area contributed by atoms with E-state index in [1.54, 1.807) is 12.4 Å². The van der Waals surface area contributed by atoms with E-state index in [4.69, 9.17) is 0 Å². The van der Waals surface area contributed by atoms with Crippen molar-refractivity contribution in [3.05, 3.63) is 47.4 Å². The molecule has 1 fully saturated rings. The quantitative estimate of drug-likeness (QED) is 0.931. The zero-order valence-electron chi connectivity index (χ0n) is 14.4. The average molecular weight is 324 g/mol. The molecular weight excluding hydrogens is 300 g/mol. The van der Waals surface area contributed by atoms with E-state index in [0.717, 1.165) is 42.7 Å². The number of amides is 1. The summed E-state index contributed by atoms with van der Waals surface area (Å²) in [6.07, 6.45) is 7.76. The van der Waals surface area contributed by atoms with Gasteiger partial charge in [-0.2, -0.15) is 0 Å². The molecule has 24 heavy (non-hydrogen) atoms. The Balaban J connectivity index is 1.72. The molecule has 1 amide bonds. The summed E-state index contributed by atoms with van der Waals surface area (Å²) in [5, 5.41) is 3.30. The summed E-state index contributed by atoms with van der Waals surface area (Å²) in [7, 11) is 0. The van der Waals surface area contributed by atoms with Crippen LogP contribution in [0.3, 0.4) is 0 Å². The van der Waals surface area contributed by atoms with Crippen LogP contribution in [0.4, 0.5) is 11.5 Å². The summed E-state index contributed by atoms with van der Waals surface area (Å²) < 4.78 is 0. The molecule has 2 aromatic rings. The third kappa shape index (κ3) is 3.72. The topological polar surface area (TPSA) is 58.1 Å². The molecule has 1 saturated heterocycles. The first-order valence-corrected chi connectivity index (χ1v) is 8.60. The van der Waals surface area contributed by atoms with Gasteiger partial charge >= 0.3 is 0 Å². The monoisotopic (exact) mass is 324 g/mol. The summed E-state index contributed by atoms with van der Waals surface area (Å²) in [6, 6.07) is 6.14. The molecule has 0 aliphatic carbocycles. The molecule has 1 aliphatic heterocycles. The van der Waals surface area contributed by atoms with Gasteiger partial charge in [0.2, 0.25) is 0 Å². The van der Waals surface area contributed by atoms with Crippen molar-refractivity contribution in [2.75, 3.05) is 18.4 Å². The molecule has 2 heterocycles. The second kappa shape index (κ2) is 7.43. The van der Waals surface area contributed by atoms with Gasteiger partial charge in [0, 0.05) is 18.8 Å². The highest BCUT2D eigenvalue weighted by Gasteiger charge is 2.18. The Morgan fingerprint density at radius 1 is 1.00 bits per heavy atom. The molecule has 0 unspecified atom stereocenters. The number of nitrogens with one attached hydrogen (secondary N) is 1. The van der Waals surface area contributed by atoms with Crippen molar-refractivity contribution in [3.63, 3.8) is 0 Å². The van der Waals surface area contributed by atoms with Crippen LogP contribution in [-0.2, 0) is 0 Å². The molecule has 0 bridgehead atoms. The van der Waals surface area contributed by atoms with Crippen LogP contribution < -0.4 is 5.32 Å². The van der Waals surface area contributed by atoms with E-state index < -0.39 is 0 Å². The minimum atomic E-state index is -0.0111.